The van der Waals surface area contributed by atoms with Gasteiger partial charge in [0.15, 0.2) is 6.61 Å². The highest BCUT2D eigenvalue weighted by molar-refractivity contribution is 5.95. The molecule has 1 amide bonds. The minimum atomic E-state index is -0.118. The molecule has 1 aliphatic heterocycles. The summed E-state index contributed by atoms with van der Waals surface area (Å²) in [6, 6.07) is 5.78. The van der Waals surface area contributed by atoms with Crippen LogP contribution in [0.3, 0.4) is 0 Å². The van der Waals surface area contributed by atoms with Gasteiger partial charge in [0.25, 0.3) is 5.91 Å². The number of hydrogen-bond donors (Lipinski definition) is 3. The van der Waals surface area contributed by atoms with E-state index in [1.54, 1.807) is 0 Å². The van der Waals surface area contributed by atoms with Crippen LogP contribution < -0.4 is 15.4 Å². The van der Waals surface area contributed by atoms with Crippen LogP contribution in [-0.2, 0) is 11.2 Å². The molecule has 0 aromatic heterocycles. The Balaban J connectivity index is 1.95. The molecule has 0 aliphatic carbocycles. The molecular formula is C12H16N2O3. The summed E-state index contributed by atoms with van der Waals surface area (Å²) in [6.07, 6.45) is 0.850. The molecule has 0 radical (unpaired) electrons. The Hall–Kier alpha value is -1.59. The fourth-order valence-corrected chi connectivity index (χ4v) is 1.72. The van der Waals surface area contributed by atoms with Crippen molar-refractivity contribution in [2.24, 2.45) is 0 Å². The Kier molecular flexibility index (Phi) is 3.95. The van der Waals surface area contributed by atoms with Crippen LogP contribution in [0, 0.1) is 0 Å². The summed E-state index contributed by atoms with van der Waals surface area (Å²) < 4.78 is 5.27. The summed E-state index contributed by atoms with van der Waals surface area (Å²) in [5, 5.41) is 14.5. The molecule has 17 heavy (non-hydrogen) atoms. The van der Waals surface area contributed by atoms with E-state index in [1.165, 1.54) is 0 Å². The minimum Gasteiger partial charge on any atom is -0.482 e. The largest absolute Gasteiger partial charge is 0.482 e. The van der Waals surface area contributed by atoms with Gasteiger partial charge in [-0.25, -0.2) is 0 Å². The van der Waals surface area contributed by atoms with Gasteiger partial charge in [-0.2, -0.15) is 0 Å². The minimum absolute atomic E-state index is 0.0877. The van der Waals surface area contributed by atoms with E-state index >= 15 is 0 Å². The van der Waals surface area contributed by atoms with Crippen LogP contribution in [-0.4, -0.2) is 37.3 Å². The second kappa shape index (κ2) is 5.65. The lowest BCUT2D eigenvalue weighted by atomic mass is 10.1. The molecule has 1 aromatic rings. The third-order valence-electron chi connectivity index (χ3n) is 2.56. The van der Waals surface area contributed by atoms with Crippen molar-refractivity contribution in [3.05, 3.63) is 23.8 Å². The molecule has 5 nitrogen and oxygen atoms in total. The van der Waals surface area contributed by atoms with E-state index in [0.717, 1.165) is 30.0 Å². The molecular weight excluding hydrogens is 220 g/mol. The van der Waals surface area contributed by atoms with Gasteiger partial charge in [0.1, 0.15) is 5.75 Å². The molecule has 0 atom stereocenters. The molecule has 5 heteroatoms. The average Bonchev–Trinajstić information content (AvgIpc) is 2.34. The van der Waals surface area contributed by atoms with E-state index in [0.29, 0.717) is 6.54 Å². The van der Waals surface area contributed by atoms with E-state index in [1.807, 2.05) is 18.2 Å². The Bertz CT molecular complexity index is 407. The van der Waals surface area contributed by atoms with E-state index < -0.39 is 0 Å². The summed E-state index contributed by atoms with van der Waals surface area (Å²) in [7, 11) is 0. The van der Waals surface area contributed by atoms with Crippen LogP contribution in [0.4, 0.5) is 5.69 Å². The predicted molar refractivity (Wildman–Crippen MR) is 64.2 cm³/mol. The zero-order chi connectivity index (χ0) is 12.1. The number of aliphatic hydroxyl groups excluding tert-OH is 1. The van der Waals surface area contributed by atoms with Gasteiger partial charge in [-0.05, 0) is 30.7 Å². The maximum Gasteiger partial charge on any atom is 0.262 e. The first-order valence-electron chi connectivity index (χ1n) is 5.67. The van der Waals surface area contributed by atoms with Crippen molar-refractivity contribution in [3.63, 3.8) is 0 Å². The number of rotatable bonds is 5. The number of amides is 1. The number of carbonyl (C=O) groups is 1. The van der Waals surface area contributed by atoms with Crippen LogP contribution in [0.2, 0.25) is 0 Å². The molecule has 0 bridgehead atoms. The summed E-state index contributed by atoms with van der Waals surface area (Å²) in [4.78, 5) is 11.2. The summed E-state index contributed by atoms with van der Waals surface area (Å²) in [6.45, 7) is 1.64. The number of ether oxygens (including phenoxy) is 1. The Labute approximate surface area is 99.8 Å². The molecule has 0 fully saturated rings. The molecule has 1 aromatic carbocycles. The Morgan fingerprint density at radius 3 is 3.12 bits per heavy atom. The van der Waals surface area contributed by atoms with Gasteiger partial charge in [-0.1, -0.05) is 6.07 Å². The Morgan fingerprint density at radius 2 is 2.29 bits per heavy atom. The van der Waals surface area contributed by atoms with Crippen molar-refractivity contribution in [1.29, 1.82) is 0 Å². The molecule has 92 valence electrons. The van der Waals surface area contributed by atoms with Gasteiger partial charge in [-0.15, -0.1) is 0 Å². The molecule has 1 aliphatic rings. The monoisotopic (exact) mass is 236 g/mol. The van der Waals surface area contributed by atoms with Gasteiger partial charge < -0.3 is 20.5 Å². The van der Waals surface area contributed by atoms with E-state index in [9.17, 15) is 4.79 Å². The topological polar surface area (TPSA) is 70.6 Å². The van der Waals surface area contributed by atoms with Crippen LogP contribution in [0.5, 0.6) is 5.75 Å². The van der Waals surface area contributed by atoms with Crippen LogP contribution in [0.15, 0.2) is 18.2 Å². The van der Waals surface area contributed by atoms with Gasteiger partial charge in [0.2, 0.25) is 0 Å². The standard InChI is InChI=1S/C12H16N2O3/c15-6-5-13-4-3-9-1-2-11-10(7-9)14-12(16)8-17-11/h1-2,7,13,15H,3-6,8H2,(H,14,16). The third-order valence-corrected chi connectivity index (χ3v) is 2.56. The molecule has 0 unspecified atom stereocenters. The smallest absolute Gasteiger partial charge is 0.262 e. The second-order valence-electron chi connectivity index (χ2n) is 3.89. The first-order valence-corrected chi connectivity index (χ1v) is 5.67. The highest BCUT2D eigenvalue weighted by atomic mass is 16.5. The zero-order valence-electron chi connectivity index (χ0n) is 9.53. The maximum atomic E-state index is 11.2. The first kappa shape index (κ1) is 11.9. The molecule has 0 saturated heterocycles. The zero-order valence-corrected chi connectivity index (χ0v) is 9.53. The number of benzene rings is 1. The number of fused-ring (bicyclic) bond motifs is 1. The lowest BCUT2D eigenvalue weighted by Gasteiger charge is -2.18. The number of aliphatic hydroxyl groups is 1. The summed E-state index contributed by atoms with van der Waals surface area (Å²) in [5.41, 5.74) is 1.86. The van der Waals surface area contributed by atoms with Crippen molar-refractivity contribution >= 4 is 11.6 Å². The fourth-order valence-electron chi connectivity index (χ4n) is 1.72. The number of carbonyl (C=O) groups excluding carboxylic acids is 1. The summed E-state index contributed by atoms with van der Waals surface area (Å²) >= 11 is 0. The van der Waals surface area contributed by atoms with Crippen molar-refractivity contribution in [1.82, 2.24) is 5.32 Å². The van der Waals surface area contributed by atoms with E-state index in [2.05, 4.69) is 10.6 Å². The van der Waals surface area contributed by atoms with Crippen LogP contribution in [0.25, 0.3) is 0 Å². The summed E-state index contributed by atoms with van der Waals surface area (Å²) in [5.74, 6) is 0.602. The van der Waals surface area contributed by atoms with Crippen LogP contribution >= 0.6 is 0 Å². The molecule has 2 rings (SSSR count). The van der Waals surface area contributed by atoms with E-state index in [4.69, 9.17) is 9.84 Å². The molecule has 0 saturated carbocycles. The van der Waals surface area contributed by atoms with Gasteiger partial charge in [-0.3, -0.25) is 4.79 Å². The van der Waals surface area contributed by atoms with Gasteiger partial charge in [0.05, 0.1) is 12.3 Å². The third kappa shape index (κ3) is 3.18. The SMILES string of the molecule is O=C1COc2ccc(CCNCCO)cc2N1. The molecule has 3 N–H and O–H groups in total. The van der Waals surface area contributed by atoms with Crippen molar-refractivity contribution in [2.75, 3.05) is 31.6 Å². The Morgan fingerprint density at radius 1 is 1.41 bits per heavy atom. The fraction of sp³-hybridized carbons (Fsp3) is 0.417. The van der Waals surface area contributed by atoms with E-state index in [-0.39, 0.29) is 19.1 Å². The predicted octanol–water partition coefficient (Wildman–Crippen LogP) is 0.142. The number of nitrogens with one attached hydrogen (secondary N) is 2. The number of hydrogen-bond acceptors (Lipinski definition) is 4. The lowest BCUT2D eigenvalue weighted by Crippen LogP contribution is -2.25. The van der Waals surface area contributed by atoms with Gasteiger partial charge in [0, 0.05) is 6.54 Å². The van der Waals surface area contributed by atoms with Gasteiger partial charge >= 0.3 is 0 Å². The molecule has 1 heterocycles. The van der Waals surface area contributed by atoms with Crippen LogP contribution in [0.1, 0.15) is 5.56 Å². The maximum absolute atomic E-state index is 11.2. The highest BCUT2D eigenvalue weighted by Gasteiger charge is 2.15. The quantitative estimate of drug-likeness (QED) is 0.636. The second-order valence-corrected chi connectivity index (χ2v) is 3.89. The first-order chi connectivity index (χ1) is 8.29. The van der Waals surface area contributed by atoms with Crippen molar-refractivity contribution in [3.8, 4) is 5.75 Å². The normalized spacial score (nSPS) is 13.8. The molecule has 0 spiro atoms. The lowest BCUT2D eigenvalue weighted by molar-refractivity contribution is -0.118. The van der Waals surface area contributed by atoms with Crippen molar-refractivity contribution in [2.45, 2.75) is 6.42 Å². The highest BCUT2D eigenvalue weighted by Crippen LogP contribution is 2.28. The average molecular weight is 236 g/mol. The van der Waals surface area contributed by atoms with Crippen molar-refractivity contribution < 1.29 is 14.6 Å². The number of anilines is 1.